The minimum Gasteiger partial charge on any atom is -0.396 e. The highest BCUT2D eigenvalue weighted by molar-refractivity contribution is 5.80. The van der Waals surface area contributed by atoms with Crippen molar-refractivity contribution in [1.29, 1.82) is 0 Å². The van der Waals surface area contributed by atoms with E-state index in [0.717, 1.165) is 19.3 Å². The van der Waals surface area contributed by atoms with E-state index in [1.807, 2.05) is 4.90 Å². The lowest BCUT2D eigenvalue weighted by molar-refractivity contribution is -0.385. The minimum absolute atomic E-state index is 0.00282. The fraction of sp³-hybridized carbons (Fsp3) is 0.533. The Morgan fingerprint density at radius 3 is 2.90 bits per heavy atom. The fourth-order valence-corrected chi connectivity index (χ4v) is 2.89. The van der Waals surface area contributed by atoms with E-state index in [0.29, 0.717) is 18.5 Å². The molecule has 0 bridgehead atoms. The zero-order valence-electron chi connectivity index (χ0n) is 11.9. The van der Waals surface area contributed by atoms with Crippen molar-refractivity contribution in [1.82, 2.24) is 4.90 Å². The summed E-state index contributed by atoms with van der Waals surface area (Å²) in [6, 6.07) is 6.53. The van der Waals surface area contributed by atoms with E-state index < -0.39 is 4.92 Å². The Kier molecular flexibility index (Phi) is 5.27. The zero-order chi connectivity index (χ0) is 15.2. The van der Waals surface area contributed by atoms with Gasteiger partial charge in [-0.1, -0.05) is 18.2 Å². The highest BCUT2D eigenvalue weighted by Gasteiger charge is 2.29. The number of nitro benzene ring substituents is 1. The number of para-hydroxylation sites is 1. The normalized spacial score (nSPS) is 18.0. The summed E-state index contributed by atoms with van der Waals surface area (Å²) >= 11 is 0. The molecule has 6 heteroatoms. The van der Waals surface area contributed by atoms with Gasteiger partial charge in [0.1, 0.15) is 0 Å². The van der Waals surface area contributed by atoms with Crippen molar-refractivity contribution in [2.45, 2.75) is 38.1 Å². The maximum absolute atomic E-state index is 12.4. The van der Waals surface area contributed by atoms with Gasteiger partial charge in [0.25, 0.3) is 5.69 Å². The number of aliphatic hydroxyl groups excluding tert-OH is 1. The number of carbonyl (C=O) groups is 1. The van der Waals surface area contributed by atoms with Gasteiger partial charge in [-0.05, 0) is 25.7 Å². The maximum atomic E-state index is 12.4. The molecule has 0 saturated carbocycles. The van der Waals surface area contributed by atoms with Crippen LogP contribution in [0.5, 0.6) is 0 Å². The summed E-state index contributed by atoms with van der Waals surface area (Å²) in [6.45, 7) is 0.832. The summed E-state index contributed by atoms with van der Waals surface area (Å²) in [7, 11) is 0. The number of rotatable bonds is 6. The van der Waals surface area contributed by atoms with E-state index in [4.69, 9.17) is 5.11 Å². The SMILES string of the molecule is O=C(Cc1ccccc1[N+](=O)[O-])N1CCCC1CCCO. The number of carbonyl (C=O) groups excluding carboxylic acids is 1. The lowest BCUT2D eigenvalue weighted by atomic mass is 10.1. The second-order valence-electron chi connectivity index (χ2n) is 5.31. The first kappa shape index (κ1) is 15.4. The van der Waals surface area contributed by atoms with E-state index in [1.165, 1.54) is 6.07 Å². The first-order chi connectivity index (χ1) is 10.1. The molecule has 0 aliphatic carbocycles. The summed E-state index contributed by atoms with van der Waals surface area (Å²) in [5, 5.41) is 19.9. The van der Waals surface area contributed by atoms with Gasteiger partial charge >= 0.3 is 0 Å². The van der Waals surface area contributed by atoms with Gasteiger partial charge in [-0.2, -0.15) is 0 Å². The molecule has 1 atom stereocenters. The minimum atomic E-state index is -0.449. The van der Waals surface area contributed by atoms with Crippen molar-refractivity contribution < 1.29 is 14.8 Å². The standard InChI is InChI=1S/C15H20N2O4/c18-10-4-7-13-6-3-9-16(13)15(19)11-12-5-1-2-8-14(12)17(20)21/h1-2,5,8,13,18H,3-4,6-7,9-11H2. The summed E-state index contributed by atoms with van der Waals surface area (Å²) < 4.78 is 0. The number of nitrogens with zero attached hydrogens (tertiary/aromatic N) is 2. The van der Waals surface area contributed by atoms with E-state index in [-0.39, 0.29) is 30.7 Å². The van der Waals surface area contributed by atoms with Crippen molar-refractivity contribution in [3.63, 3.8) is 0 Å². The van der Waals surface area contributed by atoms with Crippen LogP contribution in [0.1, 0.15) is 31.2 Å². The highest BCUT2D eigenvalue weighted by atomic mass is 16.6. The van der Waals surface area contributed by atoms with Gasteiger partial charge in [-0.15, -0.1) is 0 Å². The third kappa shape index (κ3) is 3.78. The van der Waals surface area contributed by atoms with Crippen molar-refractivity contribution in [2.24, 2.45) is 0 Å². The molecule has 1 aliphatic rings. The molecule has 114 valence electrons. The molecule has 1 unspecified atom stereocenters. The Balaban J connectivity index is 2.06. The smallest absolute Gasteiger partial charge is 0.273 e. The average Bonchev–Trinajstić information content (AvgIpc) is 2.94. The second-order valence-corrected chi connectivity index (χ2v) is 5.31. The van der Waals surface area contributed by atoms with Crippen molar-refractivity contribution in [3.8, 4) is 0 Å². The fourth-order valence-electron chi connectivity index (χ4n) is 2.89. The van der Waals surface area contributed by atoms with Gasteiger partial charge in [0.05, 0.1) is 11.3 Å². The molecular weight excluding hydrogens is 272 g/mol. The number of likely N-dealkylation sites (tertiary alicyclic amines) is 1. The number of nitro groups is 1. The van der Waals surface area contributed by atoms with E-state index in [2.05, 4.69) is 0 Å². The summed E-state index contributed by atoms with van der Waals surface area (Å²) in [5.74, 6) is -0.0651. The topological polar surface area (TPSA) is 83.7 Å². The van der Waals surface area contributed by atoms with Gasteiger partial charge in [0.15, 0.2) is 0 Å². The van der Waals surface area contributed by atoms with Crippen LogP contribution in [0.25, 0.3) is 0 Å². The van der Waals surface area contributed by atoms with Crippen LogP contribution >= 0.6 is 0 Å². The molecule has 0 aromatic heterocycles. The molecular formula is C15H20N2O4. The van der Waals surface area contributed by atoms with Crippen LogP contribution < -0.4 is 0 Å². The molecule has 1 aromatic carbocycles. The molecule has 1 fully saturated rings. The third-order valence-electron chi connectivity index (χ3n) is 3.92. The zero-order valence-corrected chi connectivity index (χ0v) is 11.9. The highest BCUT2D eigenvalue weighted by Crippen LogP contribution is 2.24. The molecule has 1 amide bonds. The van der Waals surface area contributed by atoms with E-state index in [9.17, 15) is 14.9 Å². The second kappa shape index (κ2) is 7.17. The Labute approximate surface area is 123 Å². The summed E-state index contributed by atoms with van der Waals surface area (Å²) in [5.41, 5.74) is 0.456. The third-order valence-corrected chi connectivity index (χ3v) is 3.92. The van der Waals surface area contributed by atoms with E-state index in [1.54, 1.807) is 18.2 Å². The number of benzene rings is 1. The van der Waals surface area contributed by atoms with Gasteiger partial charge < -0.3 is 10.0 Å². The molecule has 6 nitrogen and oxygen atoms in total. The predicted molar refractivity (Wildman–Crippen MR) is 77.9 cm³/mol. The number of hydrogen-bond acceptors (Lipinski definition) is 4. The van der Waals surface area contributed by atoms with Gasteiger partial charge in [0.2, 0.25) is 5.91 Å². The van der Waals surface area contributed by atoms with Crippen molar-refractivity contribution in [2.75, 3.05) is 13.2 Å². The van der Waals surface area contributed by atoms with Gasteiger partial charge in [0, 0.05) is 30.8 Å². The van der Waals surface area contributed by atoms with Crippen LogP contribution in [-0.4, -0.2) is 40.0 Å². The largest absolute Gasteiger partial charge is 0.396 e. The molecule has 2 rings (SSSR count). The van der Waals surface area contributed by atoms with Gasteiger partial charge in [-0.3, -0.25) is 14.9 Å². The lowest BCUT2D eigenvalue weighted by Gasteiger charge is -2.24. The van der Waals surface area contributed by atoms with E-state index >= 15 is 0 Å². The Bertz CT molecular complexity index is 518. The first-order valence-corrected chi connectivity index (χ1v) is 7.26. The van der Waals surface area contributed by atoms with Crippen LogP contribution in [0.2, 0.25) is 0 Å². The van der Waals surface area contributed by atoms with Gasteiger partial charge in [-0.25, -0.2) is 0 Å². The summed E-state index contributed by atoms with van der Waals surface area (Å²) in [6.07, 6.45) is 3.44. The number of amides is 1. The summed E-state index contributed by atoms with van der Waals surface area (Å²) in [4.78, 5) is 24.8. The Morgan fingerprint density at radius 2 is 2.19 bits per heavy atom. The van der Waals surface area contributed by atoms with Crippen molar-refractivity contribution >= 4 is 11.6 Å². The van der Waals surface area contributed by atoms with Crippen LogP contribution in [0.4, 0.5) is 5.69 Å². The monoisotopic (exact) mass is 292 g/mol. The first-order valence-electron chi connectivity index (χ1n) is 7.26. The number of hydrogen-bond donors (Lipinski definition) is 1. The molecule has 1 heterocycles. The Hall–Kier alpha value is -1.95. The quantitative estimate of drug-likeness (QED) is 0.641. The van der Waals surface area contributed by atoms with Crippen LogP contribution in [0.15, 0.2) is 24.3 Å². The molecule has 1 N–H and O–H groups in total. The van der Waals surface area contributed by atoms with Crippen LogP contribution in [0.3, 0.4) is 0 Å². The lowest BCUT2D eigenvalue weighted by Crippen LogP contribution is -2.36. The molecule has 1 aliphatic heterocycles. The molecule has 0 radical (unpaired) electrons. The van der Waals surface area contributed by atoms with Crippen molar-refractivity contribution in [3.05, 3.63) is 39.9 Å². The molecule has 21 heavy (non-hydrogen) atoms. The number of aliphatic hydroxyl groups is 1. The molecule has 1 aromatic rings. The molecule has 0 spiro atoms. The van der Waals surface area contributed by atoms with Crippen LogP contribution in [0, 0.1) is 10.1 Å². The van der Waals surface area contributed by atoms with Crippen LogP contribution in [-0.2, 0) is 11.2 Å². The Morgan fingerprint density at radius 1 is 1.43 bits per heavy atom. The predicted octanol–water partition coefficient (Wildman–Crippen LogP) is 1.90. The average molecular weight is 292 g/mol. The molecule has 1 saturated heterocycles. The maximum Gasteiger partial charge on any atom is 0.273 e.